The molecule has 0 aliphatic carbocycles. The van der Waals surface area contributed by atoms with Gasteiger partial charge < -0.3 is 18.9 Å². The molecule has 1 N–H and O–H groups in total. The Morgan fingerprint density at radius 3 is 2.22 bits per heavy atom. The van der Waals surface area contributed by atoms with Gasteiger partial charge in [0.2, 0.25) is 17.7 Å². The Morgan fingerprint density at radius 1 is 0.959 bits per heavy atom. The molecule has 0 spiro atoms. The second kappa shape index (κ2) is 15.4. The van der Waals surface area contributed by atoms with Gasteiger partial charge in [0.05, 0.1) is 5.56 Å². The van der Waals surface area contributed by atoms with Gasteiger partial charge in [-0.2, -0.15) is 18.2 Å². The SMILES string of the molecule is CCCCc1ccc(CCc2ccc(-c3noc(C4CCCN4C(=NC(=O)OC(C)(C)C)NC(=O)OC(C)(C)C)n3)cc2C(F)(F)F)cc1. The van der Waals surface area contributed by atoms with Gasteiger partial charge in [0.15, 0.2) is 0 Å². The number of amides is 2. The Bertz CT molecular complexity index is 1620. The van der Waals surface area contributed by atoms with Gasteiger partial charge >= 0.3 is 18.4 Å². The van der Waals surface area contributed by atoms with Crippen molar-refractivity contribution in [3.8, 4) is 11.4 Å². The molecule has 2 heterocycles. The lowest BCUT2D eigenvalue weighted by molar-refractivity contribution is -0.138. The van der Waals surface area contributed by atoms with E-state index in [0.717, 1.165) is 30.9 Å². The Balaban J connectivity index is 1.56. The molecule has 4 rings (SSSR count). The molecule has 266 valence electrons. The number of alkyl halides is 3. The van der Waals surface area contributed by atoms with Gasteiger partial charge in [0.1, 0.15) is 17.2 Å². The lowest BCUT2D eigenvalue weighted by Crippen LogP contribution is -2.46. The number of guanidine groups is 1. The van der Waals surface area contributed by atoms with Gasteiger partial charge in [-0.1, -0.05) is 54.9 Å². The largest absolute Gasteiger partial charge is 0.444 e. The first-order valence-corrected chi connectivity index (χ1v) is 16.6. The minimum absolute atomic E-state index is 0.0210. The standard InChI is InChI=1S/C36H46F3N5O5/c1-8-9-11-23-13-15-24(16-14-23)17-18-25-19-20-26(22-27(25)36(37,38)39)29-40-30(49-43-29)28-12-10-21-44(28)31(41-32(45)47-34(2,3)4)42-33(46)48-35(5,6)7/h13-16,19-20,22,28H,8-12,17-18,21H2,1-7H3,(H,41,42,45,46). The molecule has 1 aliphatic rings. The number of ether oxygens (including phenoxy) is 2. The van der Waals surface area contributed by atoms with Crippen LogP contribution in [0.3, 0.4) is 0 Å². The van der Waals surface area contributed by atoms with Crippen molar-refractivity contribution in [1.82, 2.24) is 20.4 Å². The molecule has 13 heteroatoms. The average molecular weight is 686 g/mol. The predicted octanol–water partition coefficient (Wildman–Crippen LogP) is 8.84. The second-order valence-corrected chi connectivity index (χ2v) is 14.1. The van der Waals surface area contributed by atoms with Crippen LogP contribution in [-0.2, 0) is 34.9 Å². The van der Waals surface area contributed by atoms with E-state index in [9.17, 15) is 22.8 Å². The fourth-order valence-corrected chi connectivity index (χ4v) is 5.42. The summed E-state index contributed by atoms with van der Waals surface area (Å²) in [4.78, 5) is 35.4. The number of aryl methyl sites for hydroxylation is 3. The molecule has 2 aromatic carbocycles. The van der Waals surface area contributed by atoms with Crippen molar-refractivity contribution in [2.24, 2.45) is 4.99 Å². The number of hydrogen-bond donors (Lipinski definition) is 1. The van der Waals surface area contributed by atoms with Crippen LogP contribution < -0.4 is 5.32 Å². The van der Waals surface area contributed by atoms with Gasteiger partial charge in [-0.05, 0) is 103 Å². The van der Waals surface area contributed by atoms with Gasteiger partial charge in [0, 0.05) is 12.1 Å². The fourth-order valence-electron chi connectivity index (χ4n) is 5.42. The number of aliphatic imine (C=N–C) groups is 1. The number of hydrogen-bond acceptors (Lipinski definition) is 7. The van der Waals surface area contributed by atoms with E-state index in [4.69, 9.17) is 14.0 Å². The molecule has 0 radical (unpaired) electrons. The number of likely N-dealkylation sites (tertiary alicyclic amines) is 1. The number of carbonyl (C=O) groups excluding carboxylic acids is 2. The summed E-state index contributed by atoms with van der Waals surface area (Å²) in [5, 5.41) is 6.53. The van der Waals surface area contributed by atoms with Crippen molar-refractivity contribution in [2.45, 2.75) is 117 Å². The number of nitrogens with one attached hydrogen (secondary N) is 1. The highest BCUT2D eigenvalue weighted by molar-refractivity contribution is 5.99. The summed E-state index contributed by atoms with van der Waals surface area (Å²) in [5.74, 6) is -0.0623. The Labute approximate surface area is 285 Å². The smallest absolute Gasteiger partial charge is 0.437 e. The molecule has 1 atom stereocenters. The molecule has 1 fully saturated rings. The molecule has 1 aromatic heterocycles. The first-order chi connectivity index (χ1) is 22.9. The van der Waals surface area contributed by atoms with Crippen LogP contribution >= 0.6 is 0 Å². The number of aromatic nitrogens is 2. The fraction of sp³-hybridized carbons (Fsp3) is 0.528. The number of alkyl carbamates (subject to hydrolysis) is 1. The molecule has 1 aliphatic heterocycles. The van der Waals surface area contributed by atoms with E-state index in [1.54, 1.807) is 52.5 Å². The van der Waals surface area contributed by atoms with Crippen LogP contribution in [0.4, 0.5) is 22.8 Å². The lowest BCUT2D eigenvalue weighted by Gasteiger charge is -2.27. The van der Waals surface area contributed by atoms with Crippen LogP contribution in [0.15, 0.2) is 52.0 Å². The minimum atomic E-state index is -4.59. The predicted molar refractivity (Wildman–Crippen MR) is 179 cm³/mol. The normalized spacial score (nSPS) is 15.8. The number of halogens is 3. The van der Waals surface area contributed by atoms with Crippen molar-refractivity contribution < 1.29 is 36.8 Å². The maximum atomic E-state index is 14.3. The zero-order chi connectivity index (χ0) is 36.0. The Kier molecular flexibility index (Phi) is 11.8. The van der Waals surface area contributed by atoms with Crippen molar-refractivity contribution in [3.63, 3.8) is 0 Å². The van der Waals surface area contributed by atoms with E-state index < -0.39 is 41.2 Å². The van der Waals surface area contributed by atoms with Crippen LogP contribution in [0.1, 0.15) is 108 Å². The molecule has 0 bridgehead atoms. The van der Waals surface area contributed by atoms with E-state index in [1.807, 2.05) is 24.3 Å². The summed E-state index contributed by atoms with van der Waals surface area (Å²) in [6.07, 6.45) is -1.42. The van der Waals surface area contributed by atoms with Gasteiger partial charge in [-0.3, -0.25) is 5.32 Å². The van der Waals surface area contributed by atoms with E-state index in [1.165, 1.54) is 11.6 Å². The summed E-state index contributed by atoms with van der Waals surface area (Å²) in [5.41, 5.74) is 0.0878. The van der Waals surface area contributed by atoms with E-state index in [0.29, 0.717) is 25.8 Å². The number of benzene rings is 2. The molecule has 1 saturated heterocycles. The third-order valence-corrected chi connectivity index (χ3v) is 7.65. The zero-order valence-corrected chi connectivity index (χ0v) is 29.2. The second-order valence-electron chi connectivity index (χ2n) is 14.1. The van der Waals surface area contributed by atoms with Crippen molar-refractivity contribution in [1.29, 1.82) is 0 Å². The molecular weight excluding hydrogens is 639 g/mol. The summed E-state index contributed by atoms with van der Waals surface area (Å²) in [6, 6.07) is 11.5. The van der Waals surface area contributed by atoms with E-state index in [2.05, 4.69) is 27.4 Å². The topological polar surface area (TPSA) is 119 Å². The van der Waals surface area contributed by atoms with Crippen molar-refractivity contribution in [2.75, 3.05) is 6.54 Å². The molecule has 10 nitrogen and oxygen atoms in total. The number of rotatable bonds is 8. The van der Waals surface area contributed by atoms with Crippen molar-refractivity contribution in [3.05, 3.63) is 70.6 Å². The molecule has 1 unspecified atom stereocenters. The van der Waals surface area contributed by atoms with Gasteiger partial charge in [0.25, 0.3) is 0 Å². The molecular formula is C36H46F3N5O5. The van der Waals surface area contributed by atoms with Gasteiger partial charge in [-0.25, -0.2) is 9.59 Å². The molecule has 3 aromatic rings. The summed E-state index contributed by atoms with van der Waals surface area (Å²) in [6.45, 7) is 12.6. The summed E-state index contributed by atoms with van der Waals surface area (Å²) in [7, 11) is 0. The number of nitrogens with zero attached hydrogens (tertiary/aromatic N) is 4. The highest BCUT2D eigenvalue weighted by Crippen LogP contribution is 2.37. The van der Waals surface area contributed by atoms with Crippen LogP contribution in [0, 0.1) is 0 Å². The first kappa shape index (κ1) is 37.4. The maximum Gasteiger partial charge on any atom is 0.437 e. The molecule has 2 amide bonds. The highest BCUT2D eigenvalue weighted by atomic mass is 19.4. The zero-order valence-electron chi connectivity index (χ0n) is 29.2. The third kappa shape index (κ3) is 11.0. The lowest BCUT2D eigenvalue weighted by atomic mass is 9.96. The van der Waals surface area contributed by atoms with Crippen LogP contribution in [0.25, 0.3) is 11.4 Å². The maximum absolute atomic E-state index is 14.3. The van der Waals surface area contributed by atoms with Crippen LogP contribution in [-0.4, -0.2) is 50.9 Å². The van der Waals surface area contributed by atoms with E-state index >= 15 is 0 Å². The summed E-state index contributed by atoms with van der Waals surface area (Å²) < 4.78 is 59.1. The Morgan fingerprint density at radius 2 is 1.61 bits per heavy atom. The number of unbranched alkanes of at least 4 members (excludes halogenated alkanes) is 1. The number of carbonyl (C=O) groups is 2. The van der Waals surface area contributed by atoms with Crippen LogP contribution in [0.5, 0.6) is 0 Å². The third-order valence-electron chi connectivity index (χ3n) is 7.65. The molecule has 0 saturated carbocycles. The first-order valence-electron chi connectivity index (χ1n) is 16.6. The van der Waals surface area contributed by atoms with Gasteiger partial charge in [-0.15, -0.1) is 4.99 Å². The summed E-state index contributed by atoms with van der Waals surface area (Å²) >= 11 is 0. The van der Waals surface area contributed by atoms with Crippen LogP contribution in [0.2, 0.25) is 0 Å². The highest BCUT2D eigenvalue weighted by Gasteiger charge is 2.37. The van der Waals surface area contributed by atoms with Crippen molar-refractivity contribution >= 4 is 18.1 Å². The Hall–Kier alpha value is -4.42. The minimum Gasteiger partial charge on any atom is -0.444 e. The monoisotopic (exact) mass is 685 g/mol. The molecule has 49 heavy (non-hydrogen) atoms. The van der Waals surface area contributed by atoms with E-state index in [-0.39, 0.29) is 35.2 Å². The average Bonchev–Trinajstić information content (AvgIpc) is 3.67. The quantitative estimate of drug-likeness (QED) is 0.185.